The zero-order valence-corrected chi connectivity index (χ0v) is 9.03. The summed E-state index contributed by atoms with van der Waals surface area (Å²) in [4.78, 5) is 0. The Bertz CT molecular complexity index is 718. The molecule has 0 nitrogen and oxygen atoms in total. The minimum atomic E-state index is -1.50. The molecule has 0 heterocycles. The van der Waals surface area contributed by atoms with E-state index < -0.39 is 23.3 Å². The van der Waals surface area contributed by atoms with Crippen LogP contribution in [0.1, 0.15) is 22.6 Å². The minimum absolute atomic E-state index is 0.0896. The maximum atomic E-state index is 13.8. The smallest absolute Gasteiger partial charge is 0.195 e. The van der Waals surface area contributed by atoms with Gasteiger partial charge in [-0.25, -0.2) is 17.6 Å². The second-order valence-electron chi connectivity index (χ2n) is 4.67. The van der Waals surface area contributed by atoms with Crippen molar-refractivity contribution in [3.8, 4) is 11.1 Å². The van der Waals surface area contributed by atoms with Crippen LogP contribution >= 0.6 is 0 Å². The van der Waals surface area contributed by atoms with Crippen LogP contribution in [0.4, 0.5) is 17.6 Å². The van der Waals surface area contributed by atoms with Crippen molar-refractivity contribution in [3.05, 3.63) is 58.2 Å². The van der Waals surface area contributed by atoms with Crippen LogP contribution < -0.4 is 0 Å². The number of benzene rings is 2. The van der Waals surface area contributed by atoms with Crippen LogP contribution in [0.2, 0.25) is 0 Å². The maximum absolute atomic E-state index is 13.8. The molecule has 0 bridgehead atoms. The molecule has 4 heteroatoms. The van der Waals surface area contributed by atoms with E-state index in [1.807, 2.05) is 0 Å². The molecular formula is C14H6F4. The molecule has 1 unspecified atom stereocenters. The largest absolute Gasteiger partial charge is 0.206 e. The van der Waals surface area contributed by atoms with Crippen molar-refractivity contribution in [2.45, 2.75) is 12.3 Å². The van der Waals surface area contributed by atoms with Gasteiger partial charge in [-0.2, -0.15) is 0 Å². The first-order chi connectivity index (χ1) is 8.61. The van der Waals surface area contributed by atoms with Crippen LogP contribution in [0.15, 0.2) is 18.2 Å². The molecule has 0 fully saturated rings. The SMILES string of the molecule is Fc1cccc2c1-c1c(F)c(F)c(F)c3c1C2C3. The quantitative estimate of drug-likeness (QED) is 0.491. The lowest BCUT2D eigenvalue weighted by Crippen LogP contribution is -2.19. The fraction of sp³-hybridized carbons (Fsp3) is 0.143. The molecule has 0 amide bonds. The summed E-state index contributed by atoms with van der Waals surface area (Å²) in [5.74, 6) is -4.69. The van der Waals surface area contributed by atoms with Crippen molar-refractivity contribution >= 4 is 0 Å². The van der Waals surface area contributed by atoms with Crippen LogP contribution in [0.3, 0.4) is 0 Å². The van der Waals surface area contributed by atoms with Gasteiger partial charge in [-0.15, -0.1) is 0 Å². The molecule has 2 aromatic rings. The van der Waals surface area contributed by atoms with E-state index in [9.17, 15) is 17.6 Å². The average Bonchev–Trinajstić information content (AvgIpc) is 2.58. The topological polar surface area (TPSA) is 0 Å². The average molecular weight is 250 g/mol. The Balaban J connectivity index is 2.19. The summed E-state index contributed by atoms with van der Waals surface area (Å²) < 4.78 is 54.6. The van der Waals surface area contributed by atoms with Crippen LogP contribution in [0, 0.1) is 23.3 Å². The first-order valence-electron chi connectivity index (χ1n) is 5.59. The Labute approximate surface area is 99.9 Å². The van der Waals surface area contributed by atoms with Gasteiger partial charge < -0.3 is 0 Å². The predicted octanol–water partition coefficient (Wildman–Crippen LogP) is 3.91. The van der Waals surface area contributed by atoms with Gasteiger partial charge in [0.1, 0.15) is 5.82 Å². The summed E-state index contributed by atoms with van der Waals surface area (Å²) in [6.07, 6.45) is 0.307. The van der Waals surface area contributed by atoms with E-state index in [-0.39, 0.29) is 22.6 Å². The fourth-order valence-corrected chi connectivity index (χ4v) is 3.09. The number of hydrogen-bond donors (Lipinski definition) is 0. The zero-order chi connectivity index (χ0) is 12.6. The molecule has 4 rings (SSSR count). The van der Waals surface area contributed by atoms with Gasteiger partial charge in [0.25, 0.3) is 0 Å². The molecule has 0 spiro atoms. The van der Waals surface area contributed by atoms with Gasteiger partial charge in [0, 0.05) is 17.0 Å². The van der Waals surface area contributed by atoms with E-state index in [1.165, 1.54) is 12.1 Å². The van der Waals surface area contributed by atoms with Gasteiger partial charge in [-0.3, -0.25) is 0 Å². The zero-order valence-electron chi connectivity index (χ0n) is 9.03. The third-order valence-corrected chi connectivity index (χ3v) is 3.89. The summed E-state index contributed by atoms with van der Waals surface area (Å²) in [6, 6.07) is 4.42. The van der Waals surface area contributed by atoms with Crippen molar-refractivity contribution in [2.24, 2.45) is 0 Å². The van der Waals surface area contributed by atoms with E-state index in [1.54, 1.807) is 6.07 Å². The van der Waals surface area contributed by atoms with Crippen LogP contribution in [-0.2, 0) is 6.42 Å². The normalized spacial score (nSPS) is 18.3. The molecule has 2 aromatic carbocycles. The second-order valence-corrected chi connectivity index (χ2v) is 4.67. The van der Waals surface area contributed by atoms with Crippen molar-refractivity contribution in [1.29, 1.82) is 0 Å². The molecule has 90 valence electrons. The molecule has 0 saturated heterocycles. The Morgan fingerprint density at radius 3 is 2.44 bits per heavy atom. The lowest BCUT2D eigenvalue weighted by Gasteiger charge is -2.27. The van der Waals surface area contributed by atoms with Crippen molar-refractivity contribution in [1.82, 2.24) is 0 Å². The van der Waals surface area contributed by atoms with Gasteiger partial charge in [-0.05, 0) is 29.2 Å². The second kappa shape index (κ2) is 2.94. The molecule has 0 N–H and O–H groups in total. The Morgan fingerprint density at radius 1 is 0.889 bits per heavy atom. The Morgan fingerprint density at radius 2 is 1.67 bits per heavy atom. The summed E-state index contributed by atoms with van der Waals surface area (Å²) in [5.41, 5.74) is 1.23. The summed E-state index contributed by atoms with van der Waals surface area (Å²) in [6.45, 7) is 0. The van der Waals surface area contributed by atoms with Crippen molar-refractivity contribution in [2.75, 3.05) is 0 Å². The van der Waals surface area contributed by atoms with E-state index in [0.717, 1.165) is 0 Å². The van der Waals surface area contributed by atoms with E-state index >= 15 is 0 Å². The highest BCUT2D eigenvalue weighted by atomic mass is 19.2. The van der Waals surface area contributed by atoms with Crippen LogP contribution in [-0.4, -0.2) is 0 Å². The highest BCUT2D eigenvalue weighted by Crippen LogP contribution is 2.56. The maximum Gasteiger partial charge on any atom is 0.195 e. The van der Waals surface area contributed by atoms with Crippen molar-refractivity contribution < 1.29 is 17.6 Å². The highest BCUT2D eigenvalue weighted by molar-refractivity contribution is 5.84. The molecule has 0 saturated carbocycles. The number of fused-ring (bicyclic) bond motifs is 3. The first-order valence-corrected chi connectivity index (χ1v) is 5.59. The molecule has 2 aliphatic carbocycles. The molecule has 18 heavy (non-hydrogen) atoms. The van der Waals surface area contributed by atoms with Crippen molar-refractivity contribution in [3.63, 3.8) is 0 Å². The fourth-order valence-electron chi connectivity index (χ4n) is 3.09. The molecule has 0 aliphatic heterocycles. The van der Waals surface area contributed by atoms with Crippen LogP contribution in [0.5, 0.6) is 0 Å². The molecule has 2 aliphatic rings. The monoisotopic (exact) mass is 250 g/mol. The third kappa shape index (κ3) is 0.901. The minimum Gasteiger partial charge on any atom is -0.206 e. The van der Waals surface area contributed by atoms with Gasteiger partial charge in [-0.1, -0.05) is 12.1 Å². The molecule has 1 atom stereocenters. The standard InChI is InChI=1S/C14H6F4/c15-8-3-1-2-5-6-4-7-9(6)11(10(5)8)13(17)14(18)12(7)16/h1-3,6H,4H2. The number of rotatable bonds is 0. The van der Waals surface area contributed by atoms with Gasteiger partial charge in [0.05, 0.1) is 0 Å². The lowest BCUT2D eigenvalue weighted by molar-refractivity contribution is 0.432. The van der Waals surface area contributed by atoms with Gasteiger partial charge in [0.2, 0.25) is 0 Å². The lowest BCUT2D eigenvalue weighted by atomic mass is 9.76. The number of hydrogen-bond acceptors (Lipinski definition) is 0. The molecule has 0 radical (unpaired) electrons. The Hall–Kier alpha value is -1.84. The first kappa shape index (κ1) is 10.1. The predicted molar refractivity (Wildman–Crippen MR) is 57.3 cm³/mol. The summed E-state index contributed by atoms with van der Waals surface area (Å²) in [5, 5.41) is 0. The third-order valence-electron chi connectivity index (χ3n) is 3.89. The summed E-state index contributed by atoms with van der Waals surface area (Å²) >= 11 is 0. The highest BCUT2D eigenvalue weighted by Gasteiger charge is 2.44. The molecular weight excluding hydrogens is 244 g/mol. The van der Waals surface area contributed by atoms with E-state index in [4.69, 9.17) is 0 Å². The molecule has 0 aromatic heterocycles. The Kier molecular flexibility index (Phi) is 1.65. The van der Waals surface area contributed by atoms with Crippen LogP contribution in [0.25, 0.3) is 11.1 Å². The summed E-state index contributed by atoms with van der Waals surface area (Å²) in [7, 11) is 0. The van der Waals surface area contributed by atoms with Gasteiger partial charge in [0.15, 0.2) is 17.5 Å². The van der Waals surface area contributed by atoms with Gasteiger partial charge >= 0.3 is 0 Å². The van der Waals surface area contributed by atoms with E-state index in [2.05, 4.69) is 0 Å². The number of halogens is 4. The van der Waals surface area contributed by atoms with E-state index in [0.29, 0.717) is 17.5 Å².